The zero-order chi connectivity index (χ0) is 14.8. The van der Waals surface area contributed by atoms with E-state index < -0.39 is 0 Å². The van der Waals surface area contributed by atoms with Crippen LogP contribution in [0.5, 0.6) is 5.75 Å². The normalized spacial score (nSPS) is 10.6. The van der Waals surface area contributed by atoms with Gasteiger partial charge in [-0.3, -0.25) is 0 Å². The highest BCUT2D eigenvalue weighted by atomic mass is 35.5. The zero-order valence-electron chi connectivity index (χ0n) is 11.1. The van der Waals surface area contributed by atoms with Crippen LogP contribution in [0, 0.1) is 5.82 Å². The van der Waals surface area contributed by atoms with Gasteiger partial charge in [0.25, 0.3) is 0 Å². The van der Waals surface area contributed by atoms with Crippen LogP contribution in [0.1, 0.15) is 0 Å². The van der Waals surface area contributed by atoms with Gasteiger partial charge in [-0.25, -0.2) is 9.07 Å². The summed E-state index contributed by atoms with van der Waals surface area (Å²) < 4.78 is 19.5. The molecule has 0 radical (unpaired) electrons. The van der Waals surface area contributed by atoms with Crippen molar-refractivity contribution in [2.24, 2.45) is 0 Å². The lowest BCUT2D eigenvalue weighted by Gasteiger charge is -2.01. The molecule has 6 heteroatoms. The predicted octanol–water partition coefficient (Wildman–Crippen LogP) is 3.74. The van der Waals surface area contributed by atoms with Gasteiger partial charge in [0.1, 0.15) is 11.6 Å². The molecule has 0 atom stereocenters. The number of nitrogens with zero attached hydrogens (tertiary/aromatic N) is 3. The molecule has 21 heavy (non-hydrogen) atoms. The SMILES string of the molecule is COc1ccc(-c2nc(Cl)n(-c3ccc(F)cc3)n2)cc1. The summed E-state index contributed by atoms with van der Waals surface area (Å²) in [6.07, 6.45) is 0. The van der Waals surface area contributed by atoms with Crippen molar-refractivity contribution in [1.82, 2.24) is 14.8 Å². The highest BCUT2D eigenvalue weighted by Crippen LogP contribution is 2.23. The van der Waals surface area contributed by atoms with Crippen molar-refractivity contribution in [3.63, 3.8) is 0 Å². The Morgan fingerprint density at radius 3 is 2.33 bits per heavy atom. The standard InChI is InChI=1S/C15H11ClFN3O/c1-21-13-8-2-10(3-9-13)14-18-15(16)20(19-14)12-6-4-11(17)5-7-12/h2-9H,1H3. The van der Waals surface area contributed by atoms with Gasteiger partial charge in [0.15, 0.2) is 5.82 Å². The van der Waals surface area contributed by atoms with Crippen LogP contribution in [0.15, 0.2) is 48.5 Å². The van der Waals surface area contributed by atoms with Gasteiger partial charge >= 0.3 is 0 Å². The van der Waals surface area contributed by atoms with Crippen LogP contribution in [0.3, 0.4) is 0 Å². The molecular formula is C15H11ClFN3O. The maximum absolute atomic E-state index is 13.0. The van der Waals surface area contributed by atoms with Gasteiger partial charge in [0.2, 0.25) is 5.28 Å². The molecule has 0 N–H and O–H groups in total. The first kappa shape index (κ1) is 13.6. The minimum atomic E-state index is -0.314. The maximum atomic E-state index is 13.0. The van der Waals surface area contributed by atoms with Crippen LogP contribution in [-0.2, 0) is 0 Å². The lowest BCUT2D eigenvalue weighted by atomic mass is 10.2. The molecule has 0 bridgehead atoms. The second kappa shape index (κ2) is 5.54. The minimum absolute atomic E-state index is 0.215. The second-order valence-corrected chi connectivity index (χ2v) is 4.66. The molecular weight excluding hydrogens is 293 g/mol. The average molecular weight is 304 g/mol. The van der Waals surface area contributed by atoms with Crippen molar-refractivity contribution in [2.75, 3.05) is 7.11 Å². The van der Waals surface area contributed by atoms with Crippen LogP contribution in [-0.4, -0.2) is 21.9 Å². The predicted molar refractivity (Wildman–Crippen MR) is 78.3 cm³/mol. The summed E-state index contributed by atoms with van der Waals surface area (Å²) in [5.41, 5.74) is 1.47. The lowest BCUT2D eigenvalue weighted by molar-refractivity contribution is 0.415. The summed E-state index contributed by atoms with van der Waals surface area (Å²) in [6.45, 7) is 0. The van der Waals surface area contributed by atoms with E-state index in [4.69, 9.17) is 16.3 Å². The monoisotopic (exact) mass is 303 g/mol. The highest BCUT2D eigenvalue weighted by Gasteiger charge is 2.11. The number of hydrogen-bond donors (Lipinski definition) is 0. The van der Waals surface area contributed by atoms with E-state index in [1.165, 1.54) is 16.8 Å². The van der Waals surface area contributed by atoms with E-state index in [0.717, 1.165) is 11.3 Å². The summed E-state index contributed by atoms with van der Waals surface area (Å²) in [5.74, 6) is 0.931. The Labute approximate surface area is 125 Å². The number of methoxy groups -OCH3 is 1. The molecule has 106 valence electrons. The topological polar surface area (TPSA) is 39.9 Å². The van der Waals surface area contributed by atoms with Crippen molar-refractivity contribution >= 4 is 11.6 Å². The number of benzene rings is 2. The summed E-state index contributed by atoms with van der Waals surface area (Å²) in [6, 6.07) is 13.2. The van der Waals surface area contributed by atoms with Crippen molar-refractivity contribution < 1.29 is 9.13 Å². The number of rotatable bonds is 3. The van der Waals surface area contributed by atoms with Gasteiger partial charge in [-0.05, 0) is 60.1 Å². The van der Waals surface area contributed by atoms with E-state index in [1.54, 1.807) is 19.2 Å². The van der Waals surface area contributed by atoms with Gasteiger partial charge < -0.3 is 4.74 Å². The third-order valence-corrected chi connectivity index (χ3v) is 3.23. The van der Waals surface area contributed by atoms with Crippen LogP contribution < -0.4 is 4.74 Å². The van der Waals surface area contributed by atoms with Gasteiger partial charge in [0, 0.05) is 5.56 Å². The summed E-state index contributed by atoms with van der Waals surface area (Å²) in [4.78, 5) is 4.22. The van der Waals surface area contributed by atoms with Gasteiger partial charge in [-0.1, -0.05) is 0 Å². The first-order valence-corrected chi connectivity index (χ1v) is 6.58. The van der Waals surface area contributed by atoms with Crippen LogP contribution in [0.4, 0.5) is 4.39 Å². The Kier molecular flexibility index (Phi) is 3.58. The van der Waals surface area contributed by atoms with Crippen molar-refractivity contribution in [3.05, 3.63) is 59.6 Å². The van der Waals surface area contributed by atoms with E-state index in [1.807, 2.05) is 24.3 Å². The number of ether oxygens (including phenoxy) is 1. The fourth-order valence-corrected chi connectivity index (χ4v) is 2.12. The average Bonchev–Trinajstić information content (AvgIpc) is 2.90. The quantitative estimate of drug-likeness (QED) is 0.740. The van der Waals surface area contributed by atoms with Crippen molar-refractivity contribution in [1.29, 1.82) is 0 Å². The Morgan fingerprint density at radius 1 is 1.05 bits per heavy atom. The minimum Gasteiger partial charge on any atom is -0.497 e. The Balaban J connectivity index is 1.98. The van der Waals surface area contributed by atoms with Crippen LogP contribution in [0.25, 0.3) is 17.1 Å². The number of hydrogen-bond acceptors (Lipinski definition) is 3. The lowest BCUT2D eigenvalue weighted by Crippen LogP contribution is -1.96. The van der Waals surface area contributed by atoms with Gasteiger partial charge in [0.05, 0.1) is 12.8 Å². The van der Waals surface area contributed by atoms with Gasteiger partial charge in [-0.2, -0.15) is 4.98 Å². The largest absolute Gasteiger partial charge is 0.497 e. The maximum Gasteiger partial charge on any atom is 0.226 e. The van der Waals surface area contributed by atoms with E-state index in [9.17, 15) is 4.39 Å². The molecule has 3 rings (SSSR count). The molecule has 1 heterocycles. The van der Waals surface area contributed by atoms with E-state index in [2.05, 4.69) is 10.1 Å². The summed E-state index contributed by atoms with van der Waals surface area (Å²) >= 11 is 6.10. The van der Waals surface area contributed by atoms with Crippen LogP contribution in [0.2, 0.25) is 5.28 Å². The number of aromatic nitrogens is 3. The smallest absolute Gasteiger partial charge is 0.226 e. The molecule has 0 aliphatic carbocycles. The zero-order valence-corrected chi connectivity index (χ0v) is 11.9. The third-order valence-electron chi connectivity index (χ3n) is 2.99. The molecule has 0 amide bonds. The molecule has 2 aromatic carbocycles. The summed E-state index contributed by atoms with van der Waals surface area (Å²) in [5, 5.41) is 4.56. The highest BCUT2D eigenvalue weighted by molar-refractivity contribution is 6.28. The fraction of sp³-hybridized carbons (Fsp3) is 0.0667. The van der Waals surface area contributed by atoms with Gasteiger partial charge in [-0.15, -0.1) is 5.10 Å². The van der Waals surface area contributed by atoms with Crippen LogP contribution >= 0.6 is 11.6 Å². The first-order chi connectivity index (χ1) is 10.2. The molecule has 0 unspecified atom stereocenters. The molecule has 1 aromatic heterocycles. The summed E-state index contributed by atoms with van der Waals surface area (Å²) in [7, 11) is 1.60. The third kappa shape index (κ3) is 2.73. The molecule has 4 nitrogen and oxygen atoms in total. The molecule has 0 spiro atoms. The molecule has 0 aliphatic rings. The molecule has 0 aliphatic heterocycles. The van der Waals surface area contributed by atoms with E-state index >= 15 is 0 Å². The Morgan fingerprint density at radius 2 is 1.71 bits per heavy atom. The molecule has 0 saturated carbocycles. The Bertz CT molecular complexity index is 754. The molecule has 0 fully saturated rings. The first-order valence-electron chi connectivity index (χ1n) is 6.20. The molecule has 3 aromatic rings. The van der Waals surface area contributed by atoms with Crippen molar-refractivity contribution in [2.45, 2.75) is 0 Å². The molecule has 0 saturated heterocycles. The van der Waals surface area contributed by atoms with E-state index in [-0.39, 0.29) is 11.1 Å². The Hall–Kier alpha value is -2.40. The van der Waals surface area contributed by atoms with Crippen molar-refractivity contribution in [3.8, 4) is 22.8 Å². The fourth-order valence-electron chi connectivity index (χ4n) is 1.90. The van der Waals surface area contributed by atoms with E-state index in [0.29, 0.717) is 11.5 Å². The number of halogens is 2. The second-order valence-electron chi connectivity index (χ2n) is 4.32.